The fraction of sp³-hybridized carbons (Fsp3) is 0.308. The van der Waals surface area contributed by atoms with Crippen LogP contribution in [0.2, 0.25) is 0 Å². The number of ether oxygens (including phenoxy) is 1. The summed E-state index contributed by atoms with van der Waals surface area (Å²) in [6.45, 7) is 4.65. The Labute approximate surface area is 105 Å². The van der Waals surface area contributed by atoms with Gasteiger partial charge in [-0.25, -0.2) is 4.98 Å². The Morgan fingerprint density at radius 2 is 2.24 bits per heavy atom. The number of rotatable bonds is 4. The van der Waals surface area contributed by atoms with Crippen molar-refractivity contribution in [2.24, 2.45) is 0 Å². The molecule has 4 heteroatoms. The van der Waals surface area contributed by atoms with Gasteiger partial charge in [-0.2, -0.15) is 0 Å². The summed E-state index contributed by atoms with van der Waals surface area (Å²) in [7, 11) is 0. The van der Waals surface area contributed by atoms with E-state index < -0.39 is 0 Å². The highest BCUT2D eigenvalue weighted by Gasteiger charge is 2.04. The molecule has 0 aliphatic rings. The number of hydrogen-bond donors (Lipinski definition) is 1. The van der Waals surface area contributed by atoms with Crippen molar-refractivity contribution in [2.45, 2.75) is 20.3 Å². The van der Waals surface area contributed by atoms with Gasteiger partial charge in [0.25, 0.3) is 0 Å². The minimum atomic E-state index is 0.634. The van der Waals surface area contributed by atoms with E-state index in [-0.39, 0.29) is 0 Å². The third-order valence-electron chi connectivity index (χ3n) is 2.40. The molecular weight excluding hydrogens is 232 g/mol. The van der Waals surface area contributed by atoms with Crippen molar-refractivity contribution in [3.05, 3.63) is 39.8 Å². The van der Waals surface area contributed by atoms with Crippen LogP contribution in [0.25, 0.3) is 0 Å². The molecule has 0 amide bonds. The molecule has 2 N–H and O–H groups in total. The minimum Gasteiger partial charge on any atom is -0.492 e. The lowest BCUT2D eigenvalue weighted by Crippen LogP contribution is -1.98. The second kappa shape index (κ2) is 5.19. The lowest BCUT2D eigenvalue weighted by molar-refractivity contribution is 0.342. The second-order valence-corrected chi connectivity index (χ2v) is 5.17. The van der Waals surface area contributed by atoms with Crippen molar-refractivity contribution in [3.8, 4) is 5.75 Å². The molecule has 0 saturated heterocycles. The number of nitrogens with zero attached hydrogens (tertiary/aromatic N) is 1. The van der Waals surface area contributed by atoms with Crippen LogP contribution >= 0.6 is 11.3 Å². The SMILES string of the molecule is CCOc1ccc(Cc2ncc(C)s2)cc1N. The summed E-state index contributed by atoms with van der Waals surface area (Å²) in [5.74, 6) is 0.756. The van der Waals surface area contributed by atoms with Gasteiger partial charge in [-0.05, 0) is 31.5 Å². The normalized spacial score (nSPS) is 10.5. The third kappa shape index (κ3) is 2.97. The topological polar surface area (TPSA) is 48.1 Å². The highest BCUT2D eigenvalue weighted by atomic mass is 32.1. The van der Waals surface area contributed by atoms with Crippen LogP contribution in [-0.4, -0.2) is 11.6 Å². The first kappa shape index (κ1) is 11.9. The molecule has 1 heterocycles. The maximum absolute atomic E-state index is 5.92. The number of nitrogens with two attached hydrogens (primary N) is 1. The Morgan fingerprint density at radius 3 is 2.82 bits per heavy atom. The molecular formula is C13H16N2OS. The van der Waals surface area contributed by atoms with Crippen LogP contribution in [0.1, 0.15) is 22.4 Å². The van der Waals surface area contributed by atoms with Crippen LogP contribution in [0.4, 0.5) is 5.69 Å². The van der Waals surface area contributed by atoms with Gasteiger partial charge in [-0.1, -0.05) is 6.07 Å². The van der Waals surface area contributed by atoms with Crippen molar-refractivity contribution in [1.29, 1.82) is 0 Å². The third-order valence-corrected chi connectivity index (χ3v) is 3.31. The van der Waals surface area contributed by atoms with Gasteiger partial charge in [0.1, 0.15) is 5.75 Å². The monoisotopic (exact) mass is 248 g/mol. The van der Waals surface area contributed by atoms with E-state index >= 15 is 0 Å². The van der Waals surface area contributed by atoms with Gasteiger partial charge >= 0.3 is 0 Å². The molecule has 1 aromatic heterocycles. The van der Waals surface area contributed by atoms with E-state index in [1.165, 1.54) is 10.4 Å². The Kier molecular flexibility index (Phi) is 3.64. The molecule has 0 atom stereocenters. The van der Waals surface area contributed by atoms with Crippen LogP contribution < -0.4 is 10.5 Å². The average Bonchev–Trinajstić information content (AvgIpc) is 2.68. The first-order chi connectivity index (χ1) is 8.19. The van der Waals surface area contributed by atoms with Crippen molar-refractivity contribution in [3.63, 3.8) is 0 Å². The first-order valence-electron chi connectivity index (χ1n) is 5.61. The van der Waals surface area contributed by atoms with E-state index in [0.29, 0.717) is 12.3 Å². The highest BCUT2D eigenvalue weighted by Crippen LogP contribution is 2.24. The van der Waals surface area contributed by atoms with Gasteiger partial charge < -0.3 is 10.5 Å². The molecule has 0 saturated carbocycles. The lowest BCUT2D eigenvalue weighted by atomic mass is 10.1. The van der Waals surface area contributed by atoms with Crippen LogP contribution in [0, 0.1) is 6.92 Å². The fourth-order valence-electron chi connectivity index (χ4n) is 1.65. The number of nitrogen functional groups attached to an aromatic ring is 1. The number of thiazole rings is 1. The van der Waals surface area contributed by atoms with Crippen LogP contribution in [0.15, 0.2) is 24.4 Å². The molecule has 1 aromatic carbocycles. The van der Waals surface area contributed by atoms with E-state index in [2.05, 4.69) is 11.9 Å². The number of benzene rings is 1. The molecule has 17 heavy (non-hydrogen) atoms. The molecule has 0 unspecified atom stereocenters. The number of aromatic nitrogens is 1. The van der Waals surface area contributed by atoms with Crippen LogP contribution in [0.5, 0.6) is 5.75 Å². The summed E-state index contributed by atoms with van der Waals surface area (Å²) >= 11 is 1.72. The Balaban J connectivity index is 2.14. The standard InChI is InChI=1S/C13H16N2OS/c1-3-16-12-5-4-10(6-11(12)14)7-13-15-8-9(2)17-13/h4-6,8H,3,7,14H2,1-2H3. The second-order valence-electron chi connectivity index (χ2n) is 3.85. The predicted octanol–water partition coefficient (Wildman–Crippen LogP) is 3.02. The summed E-state index contributed by atoms with van der Waals surface area (Å²) in [6, 6.07) is 5.93. The van der Waals surface area contributed by atoms with Gasteiger partial charge in [-0.15, -0.1) is 11.3 Å². The predicted molar refractivity (Wildman–Crippen MR) is 71.7 cm³/mol. The summed E-state index contributed by atoms with van der Waals surface area (Å²) in [5.41, 5.74) is 7.78. The van der Waals surface area contributed by atoms with Crippen molar-refractivity contribution < 1.29 is 4.74 Å². The zero-order valence-corrected chi connectivity index (χ0v) is 10.9. The van der Waals surface area contributed by atoms with Gasteiger partial charge in [0.05, 0.1) is 17.3 Å². The smallest absolute Gasteiger partial charge is 0.142 e. The van der Waals surface area contributed by atoms with Gasteiger partial charge in [0.15, 0.2) is 0 Å². The van der Waals surface area contributed by atoms with Crippen molar-refractivity contribution >= 4 is 17.0 Å². The summed E-state index contributed by atoms with van der Waals surface area (Å²) in [5, 5.41) is 1.12. The molecule has 2 rings (SSSR count). The van der Waals surface area contributed by atoms with Gasteiger partial charge in [0.2, 0.25) is 0 Å². The zero-order chi connectivity index (χ0) is 12.3. The summed E-state index contributed by atoms with van der Waals surface area (Å²) in [4.78, 5) is 5.58. The van der Waals surface area contributed by atoms with E-state index in [0.717, 1.165) is 17.2 Å². The molecule has 3 nitrogen and oxygen atoms in total. The van der Waals surface area contributed by atoms with Crippen LogP contribution in [-0.2, 0) is 6.42 Å². The maximum Gasteiger partial charge on any atom is 0.142 e. The summed E-state index contributed by atoms with van der Waals surface area (Å²) < 4.78 is 5.41. The molecule has 0 aliphatic carbocycles. The molecule has 2 aromatic rings. The van der Waals surface area contributed by atoms with E-state index in [1.54, 1.807) is 11.3 Å². The van der Waals surface area contributed by atoms with Gasteiger partial charge in [-0.3, -0.25) is 0 Å². The Bertz CT molecular complexity index is 508. The minimum absolute atomic E-state index is 0.634. The van der Waals surface area contributed by atoms with E-state index in [9.17, 15) is 0 Å². The zero-order valence-electron chi connectivity index (χ0n) is 10.1. The Hall–Kier alpha value is -1.55. The Morgan fingerprint density at radius 1 is 1.41 bits per heavy atom. The largest absolute Gasteiger partial charge is 0.492 e. The highest BCUT2D eigenvalue weighted by molar-refractivity contribution is 7.11. The van der Waals surface area contributed by atoms with Crippen LogP contribution in [0.3, 0.4) is 0 Å². The molecule has 0 spiro atoms. The molecule has 0 radical (unpaired) electrons. The molecule has 0 aliphatic heterocycles. The quantitative estimate of drug-likeness (QED) is 0.846. The first-order valence-corrected chi connectivity index (χ1v) is 6.43. The number of hydrogen-bond acceptors (Lipinski definition) is 4. The van der Waals surface area contributed by atoms with Crippen molar-refractivity contribution in [2.75, 3.05) is 12.3 Å². The van der Waals surface area contributed by atoms with Gasteiger partial charge in [0, 0.05) is 17.5 Å². The van der Waals surface area contributed by atoms with E-state index in [1.807, 2.05) is 31.3 Å². The van der Waals surface area contributed by atoms with E-state index in [4.69, 9.17) is 10.5 Å². The average molecular weight is 248 g/mol. The fourth-order valence-corrected chi connectivity index (χ4v) is 2.47. The lowest BCUT2D eigenvalue weighted by Gasteiger charge is -2.08. The molecule has 0 bridgehead atoms. The molecule has 0 fully saturated rings. The number of anilines is 1. The molecule has 90 valence electrons. The number of aryl methyl sites for hydroxylation is 1. The summed E-state index contributed by atoms with van der Waals surface area (Å²) in [6.07, 6.45) is 2.73. The maximum atomic E-state index is 5.92. The van der Waals surface area contributed by atoms with Crippen molar-refractivity contribution in [1.82, 2.24) is 4.98 Å².